The van der Waals surface area contributed by atoms with Crippen molar-refractivity contribution in [2.45, 2.75) is 62.9 Å². The lowest BCUT2D eigenvalue weighted by Gasteiger charge is -2.36. The molecule has 2 amide bonds. The summed E-state index contributed by atoms with van der Waals surface area (Å²) < 4.78 is 5.61. The molecule has 1 atom stereocenters. The molecular weight excluding hydrogens is 444 g/mol. The van der Waals surface area contributed by atoms with Crippen molar-refractivity contribution in [2.24, 2.45) is 5.92 Å². The molecule has 2 N–H and O–H groups in total. The van der Waals surface area contributed by atoms with Crippen LogP contribution >= 0.6 is 0 Å². The summed E-state index contributed by atoms with van der Waals surface area (Å²) in [6.45, 7) is 2.32. The number of alkyl carbamates (subject to hydrolysis) is 1. The number of hydrogen-bond acceptors (Lipinski definition) is 4. The van der Waals surface area contributed by atoms with E-state index in [1.807, 2.05) is 36.1 Å². The van der Waals surface area contributed by atoms with Crippen LogP contribution < -0.4 is 5.32 Å². The summed E-state index contributed by atoms with van der Waals surface area (Å²) in [5.41, 5.74) is 4.08. The monoisotopic (exact) mass is 476 g/mol. The molecule has 1 unspecified atom stereocenters. The van der Waals surface area contributed by atoms with Crippen molar-refractivity contribution in [1.82, 2.24) is 10.2 Å². The summed E-state index contributed by atoms with van der Waals surface area (Å²) in [4.78, 5) is 39.3. The zero-order valence-electron chi connectivity index (χ0n) is 20.0. The second kappa shape index (κ2) is 9.36. The van der Waals surface area contributed by atoms with Gasteiger partial charge >= 0.3 is 12.1 Å². The van der Waals surface area contributed by atoms with Crippen molar-refractivity contribution in [1.29, 1.82) is 0 Å². The van der Waals surface area contributed by atoms with Gasteiger partial charge in [-0.3, -0.25) is 9.59 Å². The Morgan fingerprint density at radius 2 is 1.66 bits per heavy atom. The lowest BCUT2D eigenvalue weighted by molar-refractivity contribution is -0.145. The summed E-state index contributed by atoms with van der Waals surface area (Å²) >= 11 is 0. The fourth-order valence-electron chi connectivity index (χ4n) is 6.44. The summed E-state index contributed by atoms with van der Waals surface area (Å²) in [5.74, 6) is -1.34. The van der Waals surface area contributed by atoms with E-state index in [0.29, 0.717) is 6.42 Å². The number of benzene rings is 2. The van der Waals surface area contributed by atoms with E-state index in [1.54, 1.807) is 0 Å². The van der Waals surface area contributed by atoms with Crippen LogP contribution in [0.15, 0.2) is 48.5 Å². The molecule has 5 rings (SSSR count). The Bertz CT molecular complexity index is 1090. The van der Waals surface area contributed by atoms with Crippen molar-refractivity contribution >= 4 is 18.0 Å². The number of nitrogens with one attached hydrogen (secondary N) is 1. The topological polar surface area (TPSA) is 95.9 Å². The van der Waals surface area contributed by atoms with Crippen molar-refractivity contribution in [3.05, 3.63) is 59.7 Å². The van der Waals surface area contributed by atoms with Gasteiger partial charge < -0.3 is 20.1 Å². The highest BCUT2D eigenvalue weighted by Gasteiger charge is 2.55. The quantitative estimate of drug-likeness (QED) is 0.583. The van der Waals surface area contributed by atoms with Crippen LogP contribution in [0.4, 0.5) is 4.79 Å². The average molecular weight is 477 g/mol. The number of nitrogens with zero attached hydrogens (tertiary/aromatic N) is 1. The third kappa shape index (κ3) is 4.17. The Morgan fingerprint density at radius 3 is 2.23 bits per heavy atom. The number of ether oxygens (including phenoxy) is 1. The molecule has 2 aliphatic heterocycles. The van der Waals surface area contributed by atoms with Crippen LogP contribution in [0, 0.1) is 5.92 Å². The number of carboxylic acids is 1. The molecule has 0 spiro atoms. The van der Waals surface area contributed by atoms with Gasteiger partial charge in [0.1, 0.15) is 6.61 Å². The summed E-state index contributed by atoms with van der Waals surface area (Å²) in [5, 5.41) is 12.2. The number of amides is 2. The van der Waals surface area contributed by atoms with E-state index in [9.17, 15) is 19.5 Å². The van der Waals surface area contributed by atoms with Crippen LogP contribution in [-0.2, 0) is 14.3 Å². The summed E-state index contributed by atoms with van der Waals surface area (Å²) in [6, 6.07) is 16.5. The van der Waals surface area contributed by atoms with Crippen LogP contribution in [0.25, 0.3) is 11.1 Å². The largest absolute Gasteiger partial charge is 0.481 e. The molecule has 0 radical (unpaired) electrons. The molecule has 2 aromatic rings. The maximum atomic E-state index is 13.4. The molecular formula is C28H32N2O5. The Kier molecular flexibility index (Phi) is 6.26. The number of carbonyl (C=O) groups is 3. The van der Waals surface area contributed by atoms with Crippen LogP contribution in [0.5, 0.6) is 0 Å². The lowest BCUT2D eigenvalue weighted by Crippen LogP contribution is -2.50. The molecule has 0 saturated carbocycles. The second-order valence-corrected chi connectivity index (χ2v) is 10.0. The molecule has 7 heteroatoms. The Hall–Kier alpha value is -3.35. The predicted octanol–water partition coefficient (Wildman–Crippen LogP) is 4.55. The van der Waals surface area contributed by atoms with Crippen LogP contribution in [0.1, 0.15) is 62.5 Å². The minimum absolute atomic E-state index is 0.00845. The van der Waals surface area contributed by atoms with Gasteiger partial charge in [0.05, 0.1) is 17.9 Å². The molecule has 2 fully saturated rings. The first-order chi connectivity index (χ1) is 16.9. The second-order valence-electron chi connectivity index (χ2n) is 10.0. The zero-order chi connectivity index (χ0) is 24.6. The third-order valence-electron chi connectivity index (χ3n) is 8.16. The first-order valence-electron chi connectivity index (χ1n) is 12.6. The maximum Gasteiger partial charge on any atom is 0.407 e. The molecule has 1 aliphatic carbocycles. The number of carboxylic acid groups (broad SMARTS) is 1. The number of carbonyl (C=O) groups excluding carboxylic acids is 2. The van der Waals surface area contributed by atoms with Crippen LogP contribution in [0.2, 0.25) is 0 Å². The number of aliphatic carboxylic acids is 1. The van der Waals surface area contributed by atoms with E-state index in [4.69, 9.17) is 4.74 Å². The van der Waals surface area contributed by atoms with Gasteiger partial charge in [0.2, 0.25) is 5.91 Å². The van der Waals surface area contributed by atoms with E-state index < -0.39 is 23.5 Å². The molecule has 0 aromatic heterocycles. The van der Waals surface area contributed by atoms with Crippen LogP contribution in [0.3, 0.4) is 0 Å². The third-order valence-corrected chi connectivity index (χ3v) is 8.16. The molecule has 2 aromatic carbocycles. The van der Waals surface area contributed by atoms with Gasteiger partial charge in [-0.2, -0.15) is 0 Å². The fraction of sp³-hybridized carbons (Fsp3) is 0.464. The molecule has 2 saturated heterocycles. The Balaban J connectivity index is 1.20. The SMILES string of the molecule is CCC(CNC(=O)OCC1c2ccccc2-c2ccccc21)C(=O)N1C2CCC1(CC(=O)O)CC2. The van der Waals surface area contributed by atoms with Gasteiger partial charge in [-0.15, -0.1) is 0 Å². The van der Waals surface area contributed by atoms with E-state index in [0.717, 1.165) is 36.8 Å². The van der Waals surface area contributed by atoms with Gasteiger partial charge in [0.25, 0.3) is 0 Å². The predicted molar refractivity (Wildman–Crippen MR) is 131 cm³/mol. The smallest absolute Gasteiger partial charge is 0.407 e. The van der Waals surface area contributed by atoms with Gasteiger partial charge in [-0.1, -0.05) is 55.5 Å². The Labute approximate surface area is 205 Å². The first-order valence-corrected chi connectivity index (χ1v) is 12.6. The fourth-order valence-corrected chi connectivity index (χ4v) is 6.44. The van der Waals surface area contributed by atoms with E-state index in [-0.39, 0.29) is 37.4 Å². The highest BCUT2D eigenvalue weighted by molar-refractivity contribution is 5.83. The lowest BCUT2D eigenvalue weighted by atomic mass is 9.85. The molecule has 7 nitrogen and oxygen atoms in total. The van der Waals surface area contributed by atoms with Crippen molar-refractivity contribution in [2.75, 3.05) is 13.2 Å². The highest BCUT2D eigenvalue weighted by atomic mass is 16.5. The van der Waals surface area contributed by atoms with Crippen LogP contribution in [-0.4, -0.2) is 52.7 Å². The average Bonchev–Trinajstić information content (AvgIpc) is 3.49. The zero-order valence-corrected chi connectivity index (χ0v) is 20.0. The number of fused-ring (bicyclic) bond motifs is 5. The normalized spacial score (nSPS) is 23.0. The number of hydrogen-bond donors (Lipinski definition) is 2. The van der Waals surface area contributed by atoms with Gasteiger partial charge in [0.15, 0.2) is 0 Å². The molecule has 184 valence electrons. The highest BCUT2D eigenvalue weighted by Crippen LogP contribution is 2.49. The molecule has 35 heavy (non-hydrogen) atoms. The van der Waals surface area contributed by atoms with Gasteiger partial charge in [0, 0.05) is 18.5 Å². The first kappa shape index (κ1) is 23.4. The van der Waals surface area contributed by atoms with E-state index in [1.165, 1.54) is 11.1 Å². The number of rotatable bonds is 8. The minimum Gasteiger partial charge on any atom is -0.481 e. The standard InChI is InChI=1S/C28H32N2O5/c1-2-18(26(33)30-19-11-13-28(30,14-12-19)15-25(31)32)16-29-27(34)35-17-24-22-9-5-3-7-20(22)21-8-4-6-10-23(21)24/h3-10,18-19,24H,2,11-17H2,1H3,(H,29,34)(H,31,32). The molecule has 2 heterocycles. The molecule has 3 aliphatic rings. The van der Waals surface area contributed by atoms with Gasteiger partial charge in [-0.25, -0.2) is 4.79 Å². The van der Waals surface area contributed by atoms with E-state index in [2.05, 4.69) is 29.6 Å². The van der Waals surface area contributed by atoms with Crippen molar-refractivity contribution in [3.63, 3.8) is 0 Å². The van der Waals surface area contributed by atoms with Crippen molar-refractivity contribution < 1.29 is 24.2 Å². The summed E-state index contributed by atoms with van der Waals surface area (Å²) in [6.07, 6.45) is 3.21. The maximum absolute atomic E-state index is 13.4. The summed E-state index contributed by atoms with van der Waals surface area (Å²) in [7, 11) is 0. The Morgan fingerprint density at radius 1 is 1.06 bits per heavy atom. The minimum atomic E-state index is -0.866. The van der Waals surface area contributed by atoms with Crippen molar-refractivity contribution in [3.8, 4) is 11.1 Å². The van der Waals surface area contributed by atoms with E-state index >= 15 is 0 Å². The molecule has 2 bridgehead atoms. The van der Waals surface area contributed by atoms with Gasteiger partial charge in [-0.05, 0) is 54.4 Å².